The van der Waals surface area contributed by atoms with Crippen LogP contribution in [0, 0.1) is 12.3 Å². The van der Waals surface area contributed by atoms with Crippen molar-refractivity contribution in [3.05, 3.63) is 6.92 Å². The minimum atomic E-state index is -0.379. The first kappa shape index (κ1) is 7.58. The van der Waals surface area contributed by atoms with E-state index < -0.39 is 0 Å². The summed E-state index contributed by atoms with van der Waals surface area (Å²) >= 11 is 0. The number of hydrogen-bond acceptors (Lipinski definition) is 2. The van der Waals surface area contributed by atoms with Crippen molar-refractivity contribution in [2.45, 2.75) is 26.2 Å². The summed E-state index contributed by atoms with van der Waals surface area (Å²) in [4.78, 5) is 11.1. The van der Waals surface area contributed by atoms with Crippen molar-refractivity contribution in [3.63, 3.8) is 0 Å². The Bertz CT molecular complexity index is 136. The predicted molar refractivity (Wildman–Crippen MR) is 38.3 cm³/mol. The average molecular weight is 141 g/mol. The molecule has 1 radical (unpaired) electrons. The Morgan fingerprint density at radius 3 is 2.60 bits per heavy atom. The average Bonchev–Trinajstić information content (AvgIpc) is 1.83. The van der Waals surface area contributed by atoms with Crippen molar-refractivity contribution in [3.8, 4) is 0 Å². The van der Waals surface area contributed by atoms with Gasteiger partial charge in [0, 0.05) is 0 Å². The van der Waals surface area contributed by atoms with Crippen LogP contribution in [0.25, 0.3) is 0 Å². The first-order valence-electron chi connectivity index (χ1n) is 3.71. The minimum absolute atomic E-state index is 0.124. The van der Waals surface area contributed by atoms with Gasteiger partial charge in [-0.25, -0.2) is 0 Å². The molecule has 1 aliphatic carbocycles. The second kappa shape index (κ2) is 2.60. The van der Waals surface area contributed by atoms with Crippen LogP contribution in [0.3, 0.4) is 0 Å². The fraction of sp³-hybridized carbons (Fsp3) is 0.750. The van der Waals surface area contributed by atoms with Gasteiger partial charge in [-0.3, -0.25) is 4.79 Å². The minimum Gasteiger partial charge on any atom is -0.466 e. The Kier molecular flexibility index (Phi) is 1.97. The Labute approximate surface area is 61.6 Å². The van der Waals surface area contributed by atoms with Crippen LogP contribution in [0.15, 0.2) is 0 Å². The number of hydrogen-bond donors (Lipinski definition) is 0. The van der Waals surface area contributed by atoms with Crippen LogP contribution < -0.4 is 0 Å². The number of rotatable bonds is 2. The van der Waals surface area contributed by atoms with Crippen LogP contribution >= 0.6 is 0 Å². The molecule has 0 spiro atoms. The molecule has 57 valence electrons. The number of carbonyl (C=O) groups is 1. The quantitative estimate of drug-likeness (QED) is 0.545. The third-order valence-electron chi connectivity index (χ3n) is 2.02. The Balaban J connectivity index is 2.39. The Morgan fingerprint density at radius 1 is 1.70 bits per heavy atom. The topological polar surface area (TPSA) is 26.3 Å². The lowest BCUT2D eigenvalue weighted by atomic mass is 9.70. The van der Waals surface area contributed by atoms with Gasteiger partial charge in [0.15, 0.2) is 0 Å². The summed E-state index contributed by atoms with van der Waals surface area (Å²) in [5.41, 5.74) is -0.379. The maximum atomic E-state index is 11.1. The molecule has 0 bridgehead atoms. The van der Waals surface area contributed by atoms with E-state index in [-0.39, 0.29) is 11.4 Å². The standard InChI is InChI=1S/C8H13O2/c1-3-10-7(9)8(2)5-4-6-8/h2-6H2,1H3. The molecule has 0 aromatic carbocycles. The lowest BCUT2D eigenvalue weighted by molar-refractivity contribution is -0.157. The first-order valence-corrected chi connectivity index (χ1v) is 3.71. The van der Waals surface area contributed by atoms with E-state index in [1.165, 1.54) is 0 Å². The fourth-order valence-corrected chi connectivity index (χ4v) is 1.09. The highest BCUT2D eigenvalue weighted by Crippen LogP contribution is 2.40. The van der Waals surface area contributed by atoms with Gasteiger partial charge in [-0.15, -0.1) is 0 Å². The largest absolute Gasteiger partial charge is 0.466 e. The number of ether oxygens (including phenoxy) is 1. The molecule has 0 N–H and O–H groups in total. The van der Waals surface area contributed by atoms with E-state index in [4.69, 9.17) is 4.74 Å². The van der Waals surface area contributed by atoms with E-state index in [1.807, 2.05) is 6.92 Å². The predicted octanol–water partition coefficient (Wildman–Crippen LogP) is 1.55. The first-order chi connectivity index (χ1) is 4.69. The second-order valence-corrected chi connectivity index (χ2v) is 2.85. The Hall–Kier alpha value is -0.530. The molecular weight excluding hydrogens is 128 g/mol. The van der Waals surface area contributed by atoms with Crippen LogP contribution in [0.5, 0.6) is 0 Å². The molecule has 1 aliphatic rings. The maximum Gasteiger partial charge on any atom is 0.312 e. The van der Waals surface area contributed by atoms with Crippen molar-refractivity contribution < 1.29 is 9.53 Å². The summed E-state index contributed by atoms with van der Waals surface area (Å²) in [6.45, 7) is 6.11. The maximum absolute atomic E-state index is 11.1. The number of esters is 1. The van der Waals surface area contributed by atoms with Crippen molar-refractivity contribution in [1.82, 2.24) is 0 Å². The molecule has 0 saturated heterocycles. The molecule has 0 aliphatic heterocycles. The SMILES string of the molecule is [CH2]C1(C(=O)OCC)CCC1. The molecule has 0 heterocycles. The normalized spacial score (nSPS) is 21.4. The van der Waals surface area contributed by atoms with Gasteiger partial charge in [-0.05, 0) is 26.7 Å². The molecule has 0 amide bonds. The molecule has 0 unspecified atom stereocenters. The summed E-state index contributed by atoms with van der Waals surface area (Å²) in [6, 6.07) is 0. The van der Waals surface area contributed by atoms with E-state index in [0.717, 1.165) is 19.3 Å². The lowest BCUT2D eigenvalue weighted by Gasteiger charge is -2.34. The van der Waals surface area contributed by atoms with E-state index in [1.54, 1.807) is 0 Å². The van der Waals surface area contributed by atoms with Gasteiger partial charge in [0.25, 0.3) is 0 Å². The van der Waals surface area contributed by atoms with Crippen molar-refractivity contribution in [2.24, 2.45) is 5.41 Å². The Morgan fingerprint density at radius 2 is 2.30 bits per heavy atom. The van der Waals surface area contributed by atoms with Crippen LogP contribution in [0.1, 0.15) is 26.2 Å². The van der Waals surface area contributed by atoms with Crippen LogP contribution in [0.4, 0.5) is 0 Å². The highest BCUT2D eigenvalue weighted by molar-refractivity contribution is 5.78. The second-order valence-electron chi connectivity index (χ2n) is 2.85. The molecule has 1 saturated carbocycles. The van der Waals surface area contributed by atoms with Crippen molar-refractivity contribution in [2.75, 3.05) is 6.61 Å². The molecule has 0 aromatic rings. The van der Waals surface area contributed by atoms with Gasteiger partial charge in [-0.1, -0.05) is 6.42 Å². The molecule has 2 nitrogen and oxygen atoms in total. The van der Waals surface area contributed by atoms with Crippen LogP contribution in [-0.2, 0) is 9.53 Å². The lowest BCUT2D eigenvalue weighted by Crippen LogP contribution is -2.36. The third kappa shape index (κ3) is 1.15. The van der Waals surface area contributed by atoms with Gasteiger partial charge in [0.1, 0.15) is 0 Å². The van der Waals surface area contributed by atoms with Crippen molar-refractivity contribution >= 4 is 5.97 Å². The van der Waals surface area contributed by atoms with E-state index in [2.05, 4.69) is 6.92 Å². The van der Waals surface area contributed by atoms with Gasteiger partial charge in [-0.2, -0.15) is 0 Å². The van der Waals surface area contributed by atoms with Gasteiger partial charge < -0.3 is 4.74 Å². The van der Waals surface area contributed by atoms with E-state index >= 15 is 0 Å². The summed E-state index contributed by atoms with van der Waals surface area (Å²) in [5, 5.41) is 0. The molecule has 0 atom stereocenters. The molecule has 1 fully saturated rings. The van der Waals surface area contributed by atoms with Crippen LogP contribution in [-0.4, -0.2) is 12.6 Å². The summed E-state index contributed by atoms with van der Waals surface area (Å²) < 4.78 is 4.85. The molecular formula is C8H13O2. The highest BCUT2D eigenvalue weighted by Gasteiger charge is 2.40. The smallest absolute Gasteiger partial charge is 0.312 e. The van der Waals surface area contributed by atoms with Gasteiger partial charge in [0.05, 0.1) is 12.0 Å². The van der Waals surface area contributed by atoms with Crippen molar-refractivity contribution in [1.29, 1.82) is 0 Å². The fourth-order valence-electron chi connectivity index (χ4n) is 1.09. The molecule has 0 aromatic heterocycles. The summed E-state index contributed by atoms with van der Waals surface area (Å²) in [7, 11) is 0. The van der Waals surface area contributed by atoms with Gasteiger partial charge in [0.2, 0.25) is 0 Å². The highest BCUT2D eigenvalue weighted by atomic mass is 16.5. The van der Waals surface area contributed by atoms with Gasteiger partial charge >= 0.3 is 5.97 Å². The zero-order chi connectivity index (χ0) is 7.61. The molecule has 1 rings (SSSR count). The monoisotopic (exact) mass is 141 g/mol. The van der Waals surface area contributed by atoms with E-state index in [9.17, 15) is 4.79 Å². The molecule has 10 heavy (non-hydrogen) atoms. The zero-order valence-corrected chi connectivity index (χ0v) is 6.35. The number of carbonyl (C=O) groups excluding carboxylic acids is 1. The van der Waals surface area contributed by atoms with Crippen LogP contribution in [0.2, 0.25) is 0 Å². The summed E-state index contributed by atoms with van der Waals surface area (Å²) in [6.07, 6.45) is 2.90. The van der Waals surface area contributed by atoms with E-state index in [0.29, 0.717) is 6.61 Å². The zero-order valence-electron chi connectivity index (χ0n) is 6.35. The molecule has 2 heteroatoms. The third-order valence-corrected chi connectivity index (χ3v) is 2.02. The summed E-state index contributed by atoms with van der Waals surface area (Å²) in [5.74, 6) is -0.124.